The van der Waals surface area contributed by atoms with Gasteiger partial charge in [-0.05, 0) is 0 Å². The first-order chi connectivity index (χ1) is 2.00. The van der Waals surface area contributed by atoms with E-state index in [1.807, 2.05) is 0 Å². The average Bonchev–Trinajstić information content (AvgIpc) is 1.50. The Bertz CT molecular complexity index is 13.5. The molecule has 0 aromatic rings. The van der Waals surface area contributed by atoms with Gasteiger partial charge < -0.3 is 0 Å². The summed E-state index contributed by atoms with van der Waals surface area (Å²) in [6.07, 6.45) is 0. The van der Waals surface area contributed by atoms with E-state index in [1.165, 1.54) is 0 Å². The summed E-state index contributed by atoms with van der Waals surface area (Å²) >= 11 is 0.911. The first-order valence-electron chi connectivity index (χ1n) is 0.493. The van der Waals surface area contributed by atoms with Crippen molar-refractivity contribution in [1.29, 1.82) is 0 Å². The summed E-state index contributed by atoms with van der Waals surface area (Å²) in [6.45, 7) is 0. The normalized spacial score (nSPS) is 1.00. The third kappa shape index (κ3) is 29.5. The number of hydrogen-bond acceptors (Lipinski definition) is 2. The third-order valence-corrected chi connectivity index (χ3v) is 0. The van der Waals surface area contributed by atoms with Gasteiger partial charge in [-0.2, -0.15) is 0 Å². The second-order valence-electron chi connectivity index (χ2n) is 0. The monoisotopic (exact) mass is 510 g/mol. The van der Waals surface area contributed by atoms with E-state index >= 15 is 0 Å². The molecule has 0 fully saturated rings. The Morgan fingerprint density at radius 3 is 1.00 bits per heavy atom. The Balaban J connectivity index is -0.00000000500. The molecule has 0 aliphatic heterocycles. The van der Waals surface area contributed by atoms with Crippen LogP contribution in [0.15, 0.2) is 0 Å². The van der Waals surface area contributed by atoms with E-state index in [4.69, 9.17) is 6.62 Å². The SMILES string of the molecule is [Hf].[Hf].[O]=[AlH].[O]=[Zr]. The van der Waals surface area contributed by atoms with E-state index in [2.05, 4.69) is 0 Å². The standard InChI is InChI=1S/Al.2Hf.2O.Zr.H. The fourth-order valence-electron chi connectivity index (χ4n) is 0. The van der Waals surface area contributed by atoms with Crippen LogP contribution in [-0.2, 0) is 83.0 Å². The van der Waals surface area contributed by atoms with Crippen molar-refractivity contribution >= 4 is 16.2 Å². The summed E-state index contributed by atoms with van der Waals surface area (Å²) < 4.78 is 16.6. The molecule has 0 N–H and O–H groups in total. The second kappa shape index (κ2) is 46.6. The van der Waals surface area contributed by atoms with Crippen molar-refractivity contribution in [2.45, 2.75) is 0 Å². The van der Waals surface area contributed by atoms with Crippen molar-refractivity contribution in [3.8, 4) is 0 Å². The molecule has 6 heavy (non-hydrogen) atoms. The summed E-state index contributed by atoms with van der Waals surface area (Å²) in [5, 5.41) is 0. The Kier molecular flexibility index (Phi) is 181. The molecular weight excluding hydrogens is 507 g/mol. The van der Waals surface area contributed by atoms with Crippen molar-refractivity contribution in [2.75, 3.05) is 0 Å². The minimum atomic E-state index is 0. The van der Waals surface area contributed by atoms with E-state index in [0.29, 0.717) is 40.9 Å². The topological polar surface area (TPSA) is 34.1 Å². The van der Waals surface area contributed by atoms with Gasteiger partial charge in [0.05, 0.1) is 0 Å². The fraction of sp³-hybridized carbons (Fsp3) is 0. The molecule has 0 radical (unpaired) electrons. The number of hydrogen-bond donors (Lipinski definition) is 0. The Hall–Kier alpha value is 2.76. The maximum absolute atomic E-state index is 8.34. The van der Waals surface area contributed by atoms with Crippen LogP contribution in [0.4, 0.5) is 0 Å². The first kappa shape index (κ1) is 23.3. The van der Waals surface area contributed by atoms with Gasteiger partial charge in [0.15, 0.2) is 0 Å². The molecule has 0 aliphatic carbocycles. The second-order valence-corrected chi connectivity index (χ2v) is 0. The van der Waals surface area contributed by atoms with Gasteiger partial charge in [-0.1, -0.05) is 0 Å². The maximum atomic E-state index is 8.34. The van der Waals surface area contributed by atoms with Gasteiger partial charge >= 0.3 is 47.6 Å². The van der Waals surface area contributed by atoms with Crippen LogP contribution < -0.4 is 0 Å². The molecule has 0 saturated carbocycles. The molecule has 0 atom stereocenters. The van der Waals surface area contributed by atoms with Gasteiger partial charge in [-0.3, -0.25) is 0 Å². The van der Waals surface area contributed by atoms with Gasteiger partial charge in [0.1, 0.15) is 0 Å². The van der Waals surface area contributed by atoms with Crippen LogP contribution in [0.25, 0.3) is 0 Å². The zero-order valence-corrected chi connectivity index (χ0v) is 14.1. The first-order valence-corrected chi connectivity index (χ1v) is 2.07. The molecule has 2 nitrogen and oxygen atoms in total. The van der Waals surface area contributed by atoms with Crippen molar-refractivity contribution in [3.63, 3.8) is 0 Å². The minimum absolute atomic E-state index is 0. The van der Waals surface area contributed by atoms with Crippen molar-refractivity contribution in [1.82, 2.24) is 0 Å². The van der Waals surface area contributed by atoms with Gasteiger partial charge in [0.25, 0.3) is 0 Å². The zero-order chi connectivity index (χ0) is 4.00. The molecule has 0 saturated heterocycles. The van der Waals surface area contributed by atoms with E-state index in [1.54, 1.807) is 0 Å². The van der Waals surface area contributed by atoms with Crippen LogP contribution in [0.3, 0.4) is 0 Å². The average molecular weight is 508 g/mol. The van der Waals surface area contributed by atoms with Crippen molar-refractivity contribution < 1.29 is 83.0 Å². The van der Waals surface area contributed by atoms with E-state index in [9.17, 15) is 0 Å². The molecule has 0 heterocycles. The van der Waals surface area contributed by atoms with Crippen LogP contribution >= 0.6 is 0 Å². The predicted octanol–water partition coefficient (Wildman–Crippen LogP) is -0.894. The summed E-state index contributed by atoms with van der Waals surface area (Å²) in [5.41, 5.74) is 0. The molecule has 0 bridgehead atoms. The summed E-state index contributed by atoms with van der Waals surface area (Å²) in [5.74, 6) is 0. The molecular formula is HAlHf2O2Zr. The van der Waals surface area contributed by atoms with Gasteiger partial charge in [0, 0.05) is 51.7 Å². The molecule has 6 heteroatoms. The third-order valence-electron chi connectivity index (χ3n) is 0. The van der Waals surface area contributed by atoms with Gasteiger partial charge in [-0.15, -0.1) is 0 Å². The number of rotatable bonds is 0. The summed E-state index contributed by atoms with van der Waals surface area (Å²) in [7, 11) is 0. The van der Waals surface area contributed by atoms with Crippen molar-refractivity contribution in [2.24, 2.45) is 0 Å². The van der Waals surface area contributed by atoms with Gasteiger partial charge in [0.2, 0.25) is 0 Å². The molecule has 0 amide bonds. The van der Waals surface area contributed by atoms with Gasteiger partial charge in [-0.25, -0.2) is 0 Å². The van der Waals surface area contributed by atoms with Crippen molar-refractivity contribution in [3.05, 3.63) is 0 Å². The summed E-state index contributed by atoms with van der Waals surface area (Å²) in [4.78, 5) is 0. The Morgan fingerprint density at radius 2 is 1.00 bits per heavy atom. The van der Waals surface area contributed by atoms with E-state index in [-0.39, 0.29) is 51.7 Å². The van der Waals surface area contributed by atoms with Crippen LogP contribution in [0.2, 0.25) is 0 Å². The van der Waals surface area contributed by atoms with Crippen LogP contribution in [0, 0.1) is 0 Å². The molecule has 0 spiro atoms. The molecule has 0 unspecified atom stereocenters. The van der Waals surface area contributed by atoms with Crippen LogP contribution in [-0.4, -0.2) is 16.2 Å². The Morgan fingerprint density at radius 1 is 1.00 bits per heavy atom. The van der Waals surface area contributed by atoms with Crippen LogP contribution in [0.5, 0.6) is 0 Å². The molecule has 28 valence electrons. The van der Waals surface area contributed by atoms with E-state index < -0.39 is 0 Å². The fourth-order valence-corrected chi connectivity index (χ4v) is 0. The molecule has 0 aromatic carbocycles. The molecule has 0 rings (SSSR count). The quantitative estimate of drug-likeness (QED) is 0.399. The molecule has 0 aromatic heterocycles. The predicted molar refractivity (Wildman–Crippen MR) is 8.52 cm³/mol. The molecule has 0 aliphatic rings. The summed E-state index contributed by atoms with van der Waals surface area (Å²) in [6, 6.07) is 0. The van der Waals surface area contributed by atoms with E-state index in [0.717, 1.165) is 0 Å². The van der Waals surface area contributed by atoms with Crippen LogP contribution in [0.1, 0.15) is 0 Å². The zero-order valence-electron chi connectivity index (χ0n) is 3.02. The Labute approximate surface area is 97.3 Å².